The zero-order valence-corrected chi connectivity index (χ0v) is 11.3. The molecular formula is C15H17NO3. The zero-order chi connectivity index (χ0) is 13.8. The van der Waals surface area contributed by atoms with Gasteiger partial charge >= 0.3 is 0 Å². The van der Waals surface area contributed by atoms with Gasteiger partial charge in [0.1, 0.15) is 5.75 Å². The molecule has 2 aliphatic rings. The Labute approximate surface area is 112 Å². The van der Waals surface area contributed by atoms with Gasteiger partial charge in [0.2, 0.25) is 0 Å². The Balaban J connectivity index is 1.88. The molecule has 1 heterocycles. The molecule has 0 spiro atoms. The smallest absolute Gasteiger partial charge is 0.265 e. The van der Waals surface area contributed by atoms with E-state index in [0.717, 1.165) is 6.42 Å². The van der Waals surface area contributed by atoms with Gasteiger partial charge in [0.05, 0.1) is 5.69 Å². The number of ether oxygens (including phenoxy) is 1. The van der Waals surface area contributed by atoms with E-state index in [4.69, 9.17) is 4.74 Å². The third kappa shape index (κ3) is 2.01. The first-order chi connectivity index (χ1) is 8.88. The number of Topliss-reactive ketones (excluding diaryl/α,β-unsaturated/α-hetero) is 1. The van der Waals surface area contributed by atoms with Crippen LogP contribution in [0, 0.1) is 11.3 Å². The predicted octanol–water partition coefficient (Wildman–Crippen LogP) is 2.63. The molecule has 1 aromatic carbocycles. The largest absolute Gasteiger partial charge is 0.479 e. The Bertz CT molecular complexity index is 577. The van der Waals surface area contributed by atoms with Gasteiger partial charge in [-0.15, -0.1) is 0 Å². The minimum atomic E-state index is -0.489. The molecule has 1 fully saturated rings. The van der Waals surface area contributed by atoms with Crippen LogP contribution in [0.4, 0.5) is 5.69 Å². The van der Waals surface area contributed by atoms with E-state index in [0.29, 0.717) is 17.0 Å². The second-order valence-electron chi connectivity index (χ2n) is 6.07. The van der Waals surface area contributed by atoms with Crippen molar-refractivity contribution in [1.29, 1.82) is 0 Å². The van der Waals surface area contributed by atoms with Crippen LogP contribution < -0.4 is 10.1 Å². The summed E-state index contributed by atoms with van der Waals surface area (Å²) in [7, 11) is 0. The van der Waals surface area contributed by atoms with E-state index in [9.17, 15) is 9.59 Å². The van der Waals surface area contributed by atoms with Gasteiger partial charge in [-0.3, -0.25) is 9.59 Å². The summed E-state index contributed by atoms with van der Waals surface area (Å²) in [4.78, 5) is 23.9. The normalized spacial score (nSPS) is 27.0. The van der Waals surface area contributed by atoms with E-state index >= 15 is 0 Å². The number of rotatable bonds is 2. The summed E-state index contributed by atoms with van der Waals surface area (Å²) < 4.78 is 5.47. The third-order valence-corrected chi connectivity index (χ3v) is 4.02. The number of carbonyl (C=O) groups excluding carboxylic acids is 2. The number of benzene rings is 1. The second-order valence-corrected chi connectivity index (χ2v) is 6.07. The molecular weight excluding hydrogens is 242 g/mol. The zero-order valence-electron chi connectivity index (χ0n) is 11.3. The molecule has 1 aliphatic carbocycles. The monoisotopic (exact) mass is 259 g/mol. The minimum absolute atomic E-state index is 0.102. The summed E-state index contributed by atoms with van der Waals surface area (Å²) in [6.07, 6.45) is 0.444. The van der Waals surface area contributed by atoms with Crippen LogP contribution in [0.5, 0.6) is 5.75 Å². The number of amides is 1. The maximum absolute atomic E-state index is 12.3. The second kappa shape index (κ2) is 3.83. The fourth-order valence-corrected chi connectivity index (χ4v) is 2.48. The van der Waals surface area contributed by atoms with E-state index in [1.54, 1.807) is 25.1 Å². The molecule has 1 amide bonds. The van der Waals surface area contributed by atoms with Crippen LogP contribution in [0.2, 0.25) is 0 Å². The van der Waals surface area contributed by atoms with E-state index in [-0.39, 0.29) is 23.0 Å². The van der Waals surface area contributed by atoms with Crippen molar-refractivity contribution < 1.29 is 14.3 Å². The molecule has 0 bridgehead atoms. The van der Waals surface area contributed by atoms with Gasteiger partial charge in [-0.2, -0.15) is 0 Å². The molecule has 4 nitrogen and oxygen atoms in total. The maximum atomic E-state index is 12.3. The SMILES string of the molecule is CC1Oc2ccc(C(=O)C3CC3(C)C)cc2NC1=O. The summed E-state index contributed by atoms with van der Waals surface area (Å²) in [6.45, 7) is 5.89. The van der Waals surface area contributed by atoms with Gasteiger partial charge in [-0.25, -0.2) is 0 Å². The quantitative estimate of drug-likeness (QED) is 0.831. The van der Waals surface area contributed by atoms with Crippen LogP contribution in [0.15, 0.2) is 18.2 Å². The lowest BCUT2D eigenvalue weighted by Crippen LogP contribution is -2.34. The minimum Gasteiger partial charge on any atom is -0.479 e. The number of hydrogen-bond donors (Lipinski definition) is 1. The summed E-state index contributed by atoms with van der Waals surface area (Å²) in [5.74, 6) is 0.702. The summed E-state index contributed by atoms with van der Waals surface area (Å²) in [5.41, 5.74) is 1.35. The van der Waals surface area contributed by atoms with Crippen molar-refractivity contribution in [2.75, 3.05) is 5.32 Å². The predicted molar refractivity (Wildman–Crippen MR) is 71.4 cm³/mol. The number of carbonyl (C=O) groups is 2. The topological polar surface area (TPSA) is 55.4 Å². The Hall–Kier alpha value is -1.84. The molecule has 2 unspecified atom stereocenters. The third-order valence-electron chi connectivity index (χ3n) is 4.02. The summed E-state index contributed by atoms with van der Waals surface area (Å²) in [5, 5.41) is 2.77. The first-order valence-corrected chi connectivity index (χ1v) is 6.54. The van der Waals surface area contributed by atoms with Crippen molar-refractivity contribution in [2.24, 2.45) is 11.3 Å². The van der Waals surface area contributed by atoms with Gasteiger partial charge in [0.25, 0.3) is 5.91 Å². The fraction of sp³-hybridized carbons (Fsp3) is 0.467. The lowest BCUT2D eigenvalue weighted by atomic mass is 10.0. The molecule has 1 N–H and O–H groups in total. The fourth-order valence-electron chi connectivity index (χ4n) is 2.48. The molecule has 2 atom stereocenters. The van der Waals surface area contributed by atoms with Crippen molar-refractivity contribution in [3.05, 3.63) is 23.8 Å². The average molecular weight is 259 g/mol. The van der Waals surface area contributed by atoms with Gasteiger partial charge in [0, 0.05) is 11.5 Å². The highest BCUT2D eigenvalue weighted by Crippen LogP contribution is 2.53. The van der Waals surface area contributed by atoms with Crippen molar-refractivity contribution >= 4 is 17.4 Å². The van der Waals surface area contributed by atoms with Crippen molar-refractivity contribution in [2.45, 2.75) is 33.3 Å². The molecule has 19 heavy (non-hydrogen) atoms. The summed E-state index contributed by atoms with van der Waals surface area (Å²) in [6, 6.07) is 5.25. The molecule has 0 aromatic heterocycles. The van der Waals surface area contributed by atoms with E-state index in [2.05, 4.69) is 19.2 Å². The number of hydrogen-bond acceptors (Lipinski definition) is 3. The Morgan fingerprint density at radius 2 is 2.11 bits per heavy atom. The first-order valence-electron chi connectivity index (χ1n) is 6.54. The highest BCUT2D eigenvalue weighted by Gasteiger charge is 2.50. The lowest BCUT2D eigenvalue weighted by Gasteiger charge is -2.23. The maximum Gasteiger partial charge on any atom is 0.265 e. The van der Waals surface area contributed by atoms with Gasteiger partial charge in [0.15, 0.2) is 11.9 Å². The first kappa shape index (κ1) is 12.2. The highest BCUT2D eigenvalue weighted by atomic mass is 16.5. The molecule has 1 aliphatic heterocycles. The number of ketones is 1. The van der Waals surface area contributed by atoms with Crippen LogP contribution in [0.25, 0.3) is 0 Å². The molecule has 0 saturated heterocycles. The number of nitrogens with one attached hydrogen (secondary N) is 1. The molecule has 3 rings (SSSR count). The van der Waals surface area contributed by atoms with E-state index < -0.39 is 6.10 Å². The molecule has 0 radical (unpaired) electrons. The van der Waals surface area contributed by atoms with Crippen LogP contribution in [-0.2, 0) is 4.79 Å². The molecule has 100 valence electrons. The van der Waals surface area contributed by atoms with Crippen molar-refractivity contribution in [3.8, 4) is 5.75 Å². The van der Waals surface area contributed by atoms with E-state index in [1.807, 2.05) is 0 Å². The molecule has 1 saturated carbocycles. The van der Waals surface area contributed by atoms with Crippen molar-refractivity contribution in [3.63, 3.8) is 0 Å². The highest BCUT2D eigenvalue weighted by molar-refractivity contribution is 6.03. The lowest BCUT2D eigenvalue weighted by molar-refractivity contribution is -0.122. The molecule has 1 aromatic rings. The van der Waals surface area contributed by atoms with Gasteiger partial charge < -0.3 is 10.1 Å². The van der Waals surface area contributed by atoms with Crippen LogP contribution >= 0.6 is 0 Å². The Kier molecular flexibility index (Phi) is 2.46. The van der Waals surface area contributed by atoms with Gasteiger partial charge in [-0.1, -0.05) is 13.8 Å². The standard InChI is InChI=1S/C15H17NO3/c1-8-14(18)16-11-6-9(4-5-12(11)19-8)13(17)10-7-15(10,2)3/h4-6,8,10H,7H2,1-3H3,(H,16,18). The van der Waals surface area contributed by atoms with Crippen molar-refractivity contribution in [1.82, 2.24) is 0 Å². The van der Waals surface area contributed by atoms with Gasteiger partial charge in [-0.05, 0) is 37.0 Å². The Morgan fingerprint density at radius 1 is 1.42 bits per heavy atom. The number of fused-ring (bicyclic) bond motifs is 1. The summed E-state index contributed by atoms with van der Waals surface area (Å²) >= 11 is 0. The number of anilines is 1. The van der Waals surface area contributed by atoms with Crippen LogP contribution in [-0.4, -0.2) is 17.8 Å². The average Bonchev–Trinajstić information content (AvgIpc) is 2.98. The van der Waals surface area contributed by atoms with Crippen LogP contribution in [0.3, 0.4) is 0 Å². The Morgan fingerprint density at radius 3 is 2.74 bits per heavy atom. The van der Waals surface area contributed by atoms with Crippen LogP contribution in [0.1, 0.15) is 37.6 Å². The molecule has 4 heteroatoms. The van der Waals surface area contributed by atoms with E-state index in [1.165, 1.54) is 0 Å².